The third kappa shape index (κ3) is 4.45. The van der Waals surface area contributed by atoms with E-state index in [4.69, 9.17) is 0 Å². The van der Waals surface area contributed by atoms with E-state index < -0.39 is 0 Å². The Morgan fingerprint density at radius 3 is 2.71 bits per heavy atom. The summed E-state index contributed by atoms with van der Waals surface area (Å²) in [6.45, 7) is 9.85. The Balaban J connectivity index is 1.84. The van der Waals surface area contributed by atoms with Gasteiger partial charge in [0.25, 0.3) is 5.91 Å². The number of carbonyl (C=O) groups is 1. The maximum Gasteiger partial charge on any atom is 0.270 e. The molecule has 2 heterocycles. The molecule has 0 aliphatic rings. The smallest absolute Gasteiger partial charge is 0.270 e. The largest absolute Gasteiger partial charge is 0.493 e. The summed E-state index contributed by atoms with van der Waals surface area (Å²) in [6.07, 6.45) is 0.110. The molecule has 0 saturated carbocycles. The van der Waals surface area contributed by atoms with Crippen LogP contribution in [-0.4, -0.2) is 40.2 Å². The number of aryl methyl sites for hydroxylation is 1. The van der Waals surface area contributed by atoms with Crippen LogP contribution in [0.15, 0.2) is 39.9 Å². The molecule has 0 aliphatic heterocycles. The minimum absolute atomic E-state index is 0.0498. The molecule has 28 heavy (non-hydrogen) atoms. The van der Waals surface area contributed by atoms with Crippen LogP contribution in [0.2, 0.25) is 0 Å². The van der Waals surface area contributed by atoms with E-state index >= 15 is 0 Å². The molecule has 2 N–H and O–H groups in total. The Kier molecular flexibility index (Phi) is 6.53. The van der Waals surface area contributed by atoms with Gasteiger partial charge in [0, 0.05) is 10.8 Å². The van der Waals surface area contributed by atoms with Crippen molar-refractivity contribution in [2.45, 2.75) is 33.7 Å². The second kappa shape index (κ2) is 9.07. The van der Waals surface area contributed by atoms with Crippen molar-refractivity contribution in [3.05, 3.63) is 40.3 Å². The fourth-order valence-electron chi connectivity index (χ4n) is 3.26. The van der Waals surface area contributed by atoms with E-state index in [1.54, 1.807) is 0 Å². The van der Waals surface area contributed by atoms with Gasteiger partial charge in [-0.25, -0.2) is 4.98 Å². The van der Waals surface area contributed by atoms with Crippen molar-refractivity contribution in [3.63, 3.8) is 0 Å². The molecule has 8 heteroatoms. The number of nitrogens with zero attached hydrogens (tertiary/aromatic N) is 4. The SMILES string of the molecule is CC[NH+](CC)CCn1c(O)c(N=NC(=O)Cc2csc(C)n2)c2ccccc21. The Bertz CT molecular complexity index is 988. The summed E-state index contributed by atoms with van der Waals surface area (Å²) < 4.78 is 1.85. The molecule has 0 bridgehead atoms. The van der Waals surface area contributed by atoms with Crippen LogP contribution in [0.1, 0.15) is 24.5 Å². The highest BCUT2D eigenvalue weighted by atomic mass is 32.1. The van der Waals surface area contributed by atoms with Crippen molar-refractivity contribution in [3.8, 4) is 5.88 Å². The molecule has 148 valence electrons. The zero-order valence-electron chi connectivity index (χ0n) is 16.5. The van der Waals surface area contributed by atoms with Gasteiger partial charge in [-0.2, -0.15) is 0 Å². The molecular formula is C20H26N5O2S+. The minimum Gasteiger partial charge on any atom is -0.493 e. The molecule has 3 rings (SSSR count). The first-order valence-corrected chi connectivity index (χ1v) is 10.4. The number of para-hydroxylation sites is 1. The molecule has 0 aliphatic carbocycles. The van der Waals surface area contributed by atoms with Crippen molar-refractivity contribution in [2.24, 2.45) is 10.2 Å². The Morgan fingerprint density at radius 1 is 1.29 bits per heavy atom. The Labute approximate surface area is 168 Å². The Hall–Kier alpha value is -2.58. The minimum atomic E-state index is -0.380. The van der Waals surface area contributed by atoms with E-state index in [1.807, 2.05) is 41.1 Å². The van der Waals surface area contributed by atoms with Gasteiger partial charge < -0.3 is 14.6 Å². The summed E-state index contributed by atoms with van der Waals surface area (Å²) in [4.78, 5) is 17.9. The lowest BCUT2D eigenvalue weighted by atomic mass is 10.2. The normalized spacial score (nSPS) is 11.9. The van der Waals surface area contributed by atoms with Crippen molar-refractivity contribution in [1.82, 2.24) is 9.55 Å². The van der Waals surface area contributed by atoms with E-state index in [1.165, 1.54) is 16.2 Å². The fraction of sp³-hybridized carbons (Fsp3) is 0.400. The number of rotatable bonds is 8. The van der Waals surface area contributed by atoms with Gasteiger partial charge in [-0.3, -0.25) is 4.79 Å². The highest BCUT2D eigenvalue weighted by Crippen LogP contribution is 2.38. The average Bonchev–Trinajstić information content (AvgIpc) is 3.21. The molecule has 0 unspecified atom stereocenters. The van der Waals surface area contributed by atoms with Gasteiger partial charge in [0.1, 0.15) is 0 Å². The number of hydrogen-bond acceptors (Lipinski definition) is 5. The lowest BCUT2D eigenvalue weighted by Gasteiger charge is -2.16. The summed E-state index contributed by atoms with van der Waals surface area (Å²) in [5.74, 6) is -0.331. The summed E-state index contributed by atoms with van der Waals surface area (Å²) >= 11 is 1.50. The predicted molar refractivity (Wildman–Crippen MR) is 111 cm³/mol. The maximum absolute atomic E-state index is 12.2. The molecule has 1 amide bonds. The zero-order chi connectivity index (χ0) is 20.1. The van der Waals surface area contributed by atoms with Crippen LogP contribution in [0.3, 0.4) is 0 Å². The average molecular weight is 401 g/mol. The van der Waals surface area contributed by atoms with Gasteiger partial charge in [-0.15, -0.1) is 21.6 Å². The van der Waals surface area contributed by atoms with Crippen molar-refractivity contribution in [2.75, 3.05) is 19.6 Å². The first-order valence-electron chi connectivity index (χ1n) is 9.52. The molecule has 0 spiro atoms. The van der Waals surface area contributed by atoms with Crippen molar-refractivity contribution < 1.29 is 14.8 Å². The number of benzene rings is 1. The second-order valence-electron chi connectivity index (χ2n) is 6.68. The molecule has 0 radical (unpaired) electrons. The van der Waals surface area contributed by atoms with Gasteiger partial charge in [0.05, 0.1) is 48.8 Å². The Morgan fingerprint density at radius 2 is 2.04 bits per heavy atom. The first kappa shape index (κ1) is 20.2. The van der Waals surface area contributed by atoms with Crippen LogP contribution >= 0.6 is 11.3 Å². The predicted octanol–water partition coefficient (Wildman–Crippen LogP) is 2.89. The molecule has 1 aromatic carbocycles. The fourth-order valence-corrected chi connectivity index (χ4v) is 3.87. The van der Waals surface area contributed by atoms with Crippen LogP contribution in [-0.2, 0) is 17.8 Å². The number of carbonyl (C=O) groups excluding carboxylic acids is 1. The number of aromatic nitrogens is 2. The number of thiazole rings is 1. The topological polar surface area (TPSA) is 84.3 Å². The molecule has 0 fully saturated rings. The van der Waals surface area contributed by atoms with Crippen LogP contribution in [0.5, 0.6) is 5.88 Å². The number of quaternary nitrogens is 1. The van der Waals surface area contributed by atoms with Gasteiger partial charge in [0.2, 0.25) is 5.88 Å². The van der Waals surface area contributed by atoms with Crippen molar-refractivity contribution in [1.29, 1.82) is 0 Å². The maximum atomic E-state index is 12.2. The van der Waals surface area contributed by atoms with Gasteiger partial charge in [-0.1, -0.05) is 18.2 Å². The highest BCUT2D eigenvalue weighted by Gasteiger charge is 2.18. The summed E-state index contributed by atoms with van der Waals surface area (Å²) in [5, 5.41) is 22.2. The number of azo groups is 1. The van der Waals surface area contributed by atoms with Crippen LogP contribution in [0.4, 0.5) is 5.69 Å². The molecule has 0 atom stereocenters. The number of hydrogen-bond donors (Lipinski definition) is 2. The van der Waals surface area contributed by atoms with Crippen LogP contribution in [0, 0.1) is 6.92 Å². The van der Waals surface area contributed by atoms with Gasteiger partial charge >= 0.3 is 0 Å². The quantitative estimate of drug-likeness (QED) is 0.570. The van der Waals surface area contributed by atoms with E-state index in [-0.39, 0.29) is 18.2 Å². The van der Waals surface area contributed by atoms with Crippen molar-refractivity contribution >= 4 is 33.8 Å². The monoisotopic (exact) mass is 400 g/mol. The van der Waals surface area contributed by atoms with Crippen LogP contribution in [0.25, 0.3) is 10.9 Å². The zero-order valence-corrected chi connectivity index (χ0v) is 17.3. The lowest BCUT2D eigenvalue weighted by Crippen LogP contribution is -3.11. The molecule has 0 saturated heterocycles. The van der Waals surface area contributed by atoms with Gasteiger partial charge in [-0.05, 0) is 26.8 Å². The highest BCUT2D eigenvalue weighted by molar-refractivity contribution is 7.09. The third-order valence-electron chi connectivity index (χ3n) is 4.87. The van der Waals surface area contributed by atoms with E-state index in [9.17, 15) is 9.90 Å². The second-order valence-corrected chi connectivity index (χ2v) is 7.74. The number of likely N-dealkylation sites (N-methyl/N-ethyl adjacent to an activating group) is 1. The van der Waals surface area contributed by atoms with Gasteiger partial charge in [0.15, 0.2) is 5.69 Å². The van der Waals surface area contributed by atoms with E-state index in [2.05, 4.69) is 29.1 Å². The first-order chi connectivity index (χ1) is 13.5. The van der Waals surface area contributed by atoms with E-state index in [0.29, 0.717) is 17.9 Å². The summed E-state index contributed by atoms with van der Waals surface area (Å²) in [7, 11) is 0. The number of nitrogens with one attached hydrogen (secondary N) is 1. The number of fused-ring (bicyclic) bond motifs is 1. The molecule has 2 aromatic heterocycles. The molecular weight excluding hydrogens is 374 g/mol. The molecule has 7 nitrogen and oxygen atoms in total. The van der Waals surface area contributed by atoms with E-state index in [0.717, 1.165) is 35.5 Å². The lowest BCUT2D eigenvalue weighted by molar-refractivity contribution is -0.897. The molecule has 3 aromatic rings. The summed E-state index contributed by atoms with van der Waals surface area (Å²) in [5.41, 5.74) is 1.93. The summed E-state index contributed by atoms with van der Waals surface area (Å²) in [6, 6.07) is 7.66. The third-order valence-corrected chi connectivity index (χ3v) is 5.69. The number of aromatic hydroxyl groups is 1. The standard InChI is InChI=1S/C20H25N5O2S/c1-4-24(5-2)10-11-25-17-9-7-6-8-16(17)19(20(25)27)23-22-18(26)12-15-13-28-14(3)21-15/h6-9,13,27H,4-5,10-12H2,1-3H3/p+1. The number of amides is 1. The van der Waals surface area contributed by atoms with Crippen LogP contribution < -0.4 is 4.90 Å².